The molecule has 2 aromatic carbocycles. The third-order valence-corrected chi connectivity index (χ3v) is 5.70. The molecule has 0 saturated heterocycles. The molecule has 0 aliphatic heterocycles. The van der Waals surface area contributed by atoms with Gasteiger partial charge in [0, 0.05) is 24.2 Å². The lowest BCUT2D eigenvalue weighted by molar-refractivity contribution is 0.527. The fourth-order valence-electron chi connectivity index (χ4n) is 3.70. The number of aromatic nitrogens is 6. The van der Waals surface area contributed by atoms with Crippen LogP contribution in [0.15, 0.2) is 73.1 Å². The van der Waals surface area contributed by atoms with E-state index in [-0.39, 0.29) is 0 Å². The zero-order valence-electron chi connectivity index (χ0n) is 20.7. The van der Waals surface area contributed by atoms with Crippen molar-refractivity contribution in [3.05, 3.63) is 73.1 Å². The van der Waals surface area contributed by atoms with Crippen molar-refractivity contribution >= 4 is 0 Å². The van der Waals surface area contributed by atoms with Gasteiger partial charge in [0.1, 0.15) is 11.4 Å². The number of rotatable bonds is 12. The van der Waals surface area contributed by atoms with Crippen molar-refractivity contribution in [2.75, 3.05) is 0 Å². The molecular formula is C28H38N6. The number of hydrogen-bond donors (Lipinski definition) is 0. The molecule has 0 aliphatic rings. The maximum absolute atomic E-state index is 4.20. The normalized spacial score (nSPS) is 10.6. The van der Waals surface area contributed by atoms with Crippen LogP contribution in [0.2, 0.25) is 0 Å². The summed E-state index contributed by atoms with van der Waals surface area (Å²) in [4.78, 5) is 0. The van der Waals surface area contributed by atoms with Crippen molar-refractivity contribution in [2.24, 2.45) is 0 Å². The largest absolute Gasteiger partial charge is 0.252 e. The van der Waals surface area contributed by atoms with E-state index in [9.17, 15) is 0 Å². The number of nitrogens with zero attached hydrogens (tertiary/aromatic N) is 6. The van der Waals surface area contributed by atoms with Crippen LogP contribution < -0.4 is 0 Å². The zero-order valence-corrected chi connectivity index (χ0v) is 20.7. The number of hydrogen-bond acceptors (Lipinski definition) is 4. The first-order valence-electron chi connectivity index (χ1n) is 12.7. The van der Waals surface area contributed by atoms with E-state index in [1.165, 1.54) is 51.4 Å². The second-order valence-electron chi connectivity index (χ2n) is 8.59. The summed E-state index contributed by atoms with van der Waals surface area (Å²) in [5.74, 6) is 0. The highest BCUT2D eigenvalue weighted by Gasteiger charge is 2.03. The second kappa shape index (κ2) is 14.8. The van der Waals surface area contributed by atoms with Gasteiger partial charge in [0.25, 0.3) is 0 Å². The quantitative estimate of drug-likeness (QED) is 0.213. The molecule has 34 heavy (non-hydrogen) atoms. The van der Waals surface area contributed by atoms with Crippen LogP contribution in [0, 0.1) is 0 Å². The number of benzene rings is 2. The van der Waals surface area contributed by atoms with E-state index in [1.807, 2.05) is 58.2 Å². The molecule has 0 radical (unpaired) electrons. The fourth-order valence-corrected chi connectivity index (χ4v) is 3.70. The van der Waals surface area contributed by atoms with Crippen LogP contribution in [-0.2, 0) is 13.1 Å². The average Bonchev–Trinajstić information content (AvgIpc) is 3.56. The van der Waals surface area contributed by atoms with Gasteiger partial charge in [-0.2, -0.15) is 0 Å². The average molecular weight is 459 g/mol. The molecule has 2 heterocycles. The van der Waals surface area contributed by atoms with Gasteiger partial charge in [0.2, 0.25) is 0 Å². The Balaban J connectivity index is 0.000000191. The van der Waals surface area contributed by atoms with Crippen LogP contribution in [0.4, 0.5) is 0 Å². The van der Waals surface area contributed by atoms with E-state index in [0.29, 0.717) is 0 Å². The van der Waals surface area contributed by atoms with E-state index in [1.54, 1.807) is 0 Å². The maximum atomic E-state index is 4.20. The van der Waals surface area contributed by atoms with Crippen molar-refractivity contribution in [3.8, 4) is 22.5 Å². The van der Waals surface area contributed by atoms with Crippen molar-refractivity contribution < 1.29 is 0 Å². The van der Waals surface area contributed by atoms with Crippen LogP contribution in [0.3, 0.4) is 0 Å². The van der Waals surface area contributed by atoms with Gasteiger partial charge >= 0.3 is 0 Å². The molecule has 0 spiro atoms. The monoisotopic (exact) mass is 458 g/mol. The van der Waals surface area contributed by atoms with Crippen LogP contribution in [-0.4, -0.2) is 30.0 Å². The minimum absolute atomic E-state index is 0.959. The van der Waals surface area contributed by atoms with E-state index in [0.717, 1.165) is 35.6 Å². The predicted octanol–water partition coefficient (Wildman–Crippen LogP) is 7.05. The highest BCUT2D eigenvalue weighted by atomic mass is 15.4. The molecule has 0 bridgehead atoms. The standard InChI is InChI=1S/2C14H19N3/c2*1-2-3-4-8-11-17-12-14(15-16-17)13-9-6-5-7-10-13/h2*5-7,9-10,12H,2-4,8,11H2,1H3. The highest BCUT2D eigenvalue weighted by Crippen LogP contribution is 2.16. The Morgan fingerprint density at radius 3 is 1.32 bits per heavy atom. The highest BCUT2D eigenvalue weighted by molar-refractivity contribution is 5.57. The van der Waals surface area contributed by atoms with Crippen molar-refractivity contribution in [2.45, 2.75) is 78.3 Å². The summed E-state index contributed by atoms with van der Waals surface area (Å²) in [5.41, 5.74) is 4.18. The summed E-state index contributed by atoms with van der Waals surface area (Å²) in [6.07, 6.45) is 14.1. The second-order valence-corrected chi connectivity index (χ2v) is 8.59. The van der Waals surface area contributed by atoms with Gasteiger partial charge in [0.05, 0.1) is 12.4 Å². The molecule has 180 valence electrons. The first-order valence-corrected chi connectivity index (χ1v) is 12.7. The molecule has 4 aromatic rings. The molecule has 6 heteroatoms. The van der Waals surface area contributed by atoms with Crippen molar-refractivity contribution in [1.82, 2.24) is 30.0 Å². The number of aryl methyl sites for hydroxylation is 2. The molecule has 0 saturated carbocycles. The zero-order chi connectivity index (χ0) is 23.8. The third-order valence-electron chi connectivity index (χ3n) is 5.70. The molecule has 4 rings (SSSR count). The van der Waals surface area contributed by atoms with Gasteiger partial charge in [-0.3, -0.25) is 9.36 Å². The summed E-state index contributed by atoms with van der Waals surface area (Å²) in [5, 5.41) is 16.7. The van der Waals surface area contributed by atoms with Gasteiger partial charge in [-0.15, -0.1) is 10.2 Å². The maximum Gasteiger partial charge on any atom is 0.113 e. The Bertz CT molecular complexity index is 953. The van der Waals surface area contributed by atoms with E-state index in [4.69, 9.17) is 0 Å². The van der Waals surface area contributed by atoms with Gasteiger partial charge in [-0.25, -0.2) is 0 Å². The summed E-state index contributed by atoms with van der Waals surface area (Å²) in [7, 11) is 0. The SMILES string of the molecule is CCCCCCn1cc(-c2ccccc2)nn1.CCCCCCn1cc(-c2ccccc2)nn1. The molecule has 0 N–H and O–H groups in total. The predicted molar refractivity (Wildman–Crippen MR) is 139 cm³/mol. The topological polar surface area (TPSA) is 61.4 Å². The fraction of sp³-hybridized carbons (Fsp3) is 0.429. The lowest BCUT2D eigenvalue weighted by Crippen LogP contribution is -1.98. The molecule has 0 unspecified atom stereocenters. The third kappa shape index (κ3) is 8.58. The molecule has 0 atom stereocenters. The smallest absolute Gasteiger partial charge is 0.113 e. The van der Waals surface area contributed by atoms with Gasteiger partial charge in [-0.1, -0.05) is 123 Å². The van der Waals surface area contributed by atoms with Crippen LogP contribution in [0.1, 0.15) is 65.2 Å². The molecular weight excluding hydrogens is 420 g/mol. The Morgan fingerprint density at radius 1 is 0.529 bits per heavy atom. The van der Waals surface area contributed by atoms with Crippen LogP contribution >= 0.6 is 0 Å². The Labute approximate surface area is 204 Å². The summed E-state index contributed by atoms with van der Waals surface area (Å²) >= 11 is 0. The van der Waals surface area contributed by atoms with Crippen molar-refractivity contribution in [3.63, 3.8) is 0 Å². The number of unbranched alkanes of at least 4 members (excludes halogenated alkanes) is 6. The van der Waals surface area contributed by atoms with E-state index in [2.05, 4.69) is 58.7 Å². The summed E-state index contributed by atoms with van der Waals surface area (Å²) in [6, 6.07) is 20.4. The first-order chi connectivity index (χ1) is 16.8. The van der Waals surface area contributed by atoms with Gasteiger partial charge in [-0.05, 0) is 12.8 Å². The lowest BCUT2D eigenvalue weighted by Gasteiger charge is -1.98. The van der Waals surface area contributed by atoms with E-state index < -0.39 is 0 Å². The van der Waals surface area contributed by atoms with E-state index >= 15 is 0 Å². The Morgan fingerprint density at radius 2 is 0.941 bits per heavy atom. The summed E-state index contributed by atoms with van der Waals surface area (Å²) < 4.78 is 3.88. The summed E-state index contributed by atoms with van der Waals surface area (Å²) in [6.45, 7) is 6.39. The molecule has 0 amide bonds. The van der Waals surface area contributed by atoms with Crippen molar-refractivity contribution in [1.29, 1.82) is 0 Å². The Hall–Kier alpha value is -3.28. The first kappa shape index (κ1) is 25.3. The molecule has 6 nitrogen and oxygen atoms in total. The Kier molecular flexibility index (Phi) is 11.0. The van der Waals surface area contributed by atoms with Gasteiger partial charge in [0.15, 0.2) is 0 Å². The molecule has 0 aliphatic carbocycles. The molecule has 0 fully saturated rings. The van der Waals surface area contributed by atoms with Crippen LogP contribution in [0.5, 0.6) is 0 Å². The van der Waals surface area contributed by atoms with Gasteiger partial charge < -0.3 is 0 Å². The molecule has 2 aromatic heterocycles. The lowest BCUT2D eigenvalue weighted by atomic mass is 10.2. The van der Waals surface area contributed by atoms with Crippen LogP contribution in [0.25, 0.3) is 22.5 Å². The minimum atomic E-state index is 0.959. The minimum Gasteiger partial charge on any atom is -0.252 e.